The minimum atomic E-state index is 0.0685. The van der Waals surface area contributed by atoms with Crippen LogP contribution in [0.25, 0.3) is 22.6 Å². The lowest BCUT2D eigenvalue weighted by Gasteiger charge is -2.31. The van der Waals surface area contributed by atoms with Gasteiger partial charge < -0.3 is 14.9 Å². The minimum absolute atomic E-state index is 0.0685. The third-order valence-corrected chi connectivity index (χ3v) is 5.38. The van der Waals surface area contributed by atoms with Gasteiger partial charge in [0, 0.05) is 42.7 Å². The average Bonchev–Trinajstić information content (AvgIpc) is 3.43. The van der Waals surface area contributed by atoms with E-state index in [4.69, 9.17) is 0 Å². The van der Waals surface area contributed by atoms with Crippen LogP contribution in [0.3, 0.4) is 0 Å². The van der Waals surface area contributed by atoms with Gasteiger partial charge in [-0.25, -0.2) is 9.97 Å². The molecular formula is C21H20N6O. The third kappa shape index (κ3) is 3.05. The molecule has 1 fully saturated rings. The molecular weight excluding hydrogens is 352 g/mol. The van der Waals surface area contributed by atoms with Crippen LogP contribution in [-0.2, 0) is 0 Å². The van der Waals surface area contributed by atoms with Gasteiger partial charge in [0.1, 0.15) is 5.69 Å². The molecule has 1 amide bonds. The van der Waals surface area contributed by atoms with E-state index in [0.29, 0.717) is 17.3 Å². The zero-order chi connectivity index (χ0) is 18.9. The van der Waals surface area contributed by atoms with E-state index in [9.17, 15) is 4.79 Å². The molecule has 7 heteroatoms. The average molecular weight is 372 g/mol. The maximum atomic E-state index is 13.0. The Bertz CT molecular complexity index is 1090. The van der Waals surface area contributed by atoms with E-state index in [2.05, 4.69) is 24.9 Å². The van der Waals surface area contributed by atoms with E-state index < -0.39 is 0 Å². The molecule has 140 valence electrons. The number of rotatable bonds is 3. The predicted octanol–water partition coefficient (Wildman–Crippen LogP) is 3.37. The molecule has 0 atom stereocenters. The van der Waals surface area contributed by atoms with Gasteiger partial charge in [0.15, 0.2) is 5.82 Å². The highest BCUT2D eigenvalue weighted by Gasteiger charge is 2.25. The van der Waals surface area contributed by atoms with Crippen LogP contribution in [0.15, 0.2) is 55.1 Å². The zero-order valence-electron chi connectivity index (χ0n) is 15.3. The quantitative estimate of drug-likeness (QED) is 0.577. The molecule has 1 saturated heterocycles. The maximum Gasteiger partial charge on any atom is 0.253 e. The number of hydrogen-bond acceptors (Lipinski definition) is 4. The van der Waals surface area contributed by atoms with Gasteiger partial charge >= 0.3 is 0 Å². The van der Waals surface area contributed by atoms with Crippen LogP contribution in [0.1, 0.15) is 34.8 Å². The van der Waals surface area contributed by atoms with Crippen LogP contribution >= 0.6 is 0 Å². The second-order valence-corrected chi connectivity index (χ2v) is 7.11. The van der Waals surface area contributed by atoms with Crippen molar-refractivity contribution in [2.45, 2.75) is 18.8 Å². The van der Waals surface area contributed by atoms with Gasteiger partial charge in [-0.1, -0.05) is 6.07 Å². The van der Waals surface area contributed by atoms with E-state index in [0.717, 1.165) is 48.4 Å². The highest BCUT2D eigenvalue weighted by atomic mass is 16.2. The molecule has 1 aliphatic heterocycles. The molecule has 0 radical (unpaired) electrons. The summed E-state index contributed by atoms with van der Waals surface area (Å²) in [6.45, 7) is 1.51. The number of H-pyrrole nitrogens is 2. The van der Waals surface area contributed by atoms with Crippen LogP contribution in [0.5, 0.6) is 0 Å². The van der Waals surface area contributed by atoms with Gasteiger partial charge in [-0.05, 0) is 43.2 Å². The van der Waals surface area contributed by atoms with Gasteiger partial charge in [-0.3, -0.25) is 9.78 Å². The van der Waals surface area contributed by atoms with Crippen molar-refractivity contribution in [3.8, 4) is 11.5 Å². The summed E-state index contributed by atoms with van der Waals surface area (Å²) in [5, 5.41) is 0. The first kappa shape index (κ1) is 16.7. The first-order valence-corrected chi connectivity index (χ1v) is 9.46. The number of nitrogens with zero attached hydrogens (tertiary/aromatic N) is 4. The monoisotopic (exact) mass is 372 g/mol. The molecule has 1 aliphatic rings. The molecule has 3 aromatic heterocycles. The Morgan fingerprint density at radius 2 is 2.04 bits per heavy atom. The van der Waals surface area contributed by atoms with Crippen molar-refractivity contribution in [3.05, 3.63) is 66.4 Å². The molecule has 0 aliphatic carbocycles. The molecule has 4 aromatic rings. The molecule has 28 heavy (non-hydrogen) atoms. The van der Waals surface area contributed by atoms with Crippen molar-refractivity contribution in [1.82, 2.24) is 29.8 Å². The molecule has 4 heterocycles. The number of nitrogens with one attached hydrogen (secondary N) is 2. The highest BCUT2D eigenvalue weighted by molar-refractivity contribution is 5.97. The summed E-state index contributed by atoms with van der Waals surface area (Å²) < 4.78 is 0. The number of aromatic nitrogens is 5. The Kier molecular flexibility index (Phi) is 4.12. The van der Waals surface area contributed by atoms with Crippen LogP contribution in [-0.4, -0.2) is 48.8 Å². The number of imidazole rings is 2. The van der Waals surface area contributed by atoms with Gasteiger partial charge in [-0.15, -0.1) is 0 Å². The van der Waals surface area contributed by atoms with Crippen molar-refractivity contribution in [1.29, 1.82) is 0 Å². The summed E-state index contributed by atoms with van der Waals surface area (Å²) in [4.78, 5) is 34.4. The lowest BCUT2D eigenvalue weighted by Crippen LogP contribution is -2.38. The van der Waals surface area contributed by atoms with Crippen LogP contribution in [0.2, 0.25) is 0 Å². The Balaban J connectivity index is 1.34. The van der Waals surface area contributed by atoms with Gasteiger partial charge in [0.25, 0.3) is 5.91 Å². The molecule has 0 bridgehead atoms. The van der Waals surface area contributed by atoms with Crippen molar-refractivity contribution >= 4 is 16.9 Å². The summed E-state index contributed by atoms with van der Waals surface area (Å²) in [7, 11) is 0. The topological polar surface area (TPSA) is 90.6 Å². The Morgan fingerprint density at radius 1 is 1.14 bits per heavy atom. The first-order valence-electron chi connectivity index (χ1n) is 9.46. The zero-order valence-corrected chi connectivity index (χ0v) is 15.3. The van der Waals surface area contributed by atoms with Crippen molar-refractivity contribution in [3.63, 3.8) is 0 Å². The maximum absolute atomic E-state index is 13.0. The molecule has 1 aromatic carbocycles. The fourth-order valence-electron chi connectivity index (χ4n) is 3.83. The number of pyridine rings is 1. The Hall–Kier alpha value is -3.48. The van der Waals surface area contributed by atoms with E-state index in [1.165, 1.54) is 0 Å². The predicted molar refractivity (Wildman–Crippen MR) is 106 cm³/mol. The first-order chi connectivity index (χ1) is 13.8. The summed E-state index contributed by atoms with van der Waals surface area (Å²) in [5.74, 6) is 1.22. The summed E-state index contributed by atoms with van der Waals surface area (Å²) >= 11 is 0. The number of hydrogen-bond donors (Lipinski definition) is 2. The molecule has 5 rings (SSSR count). The highest BCUT2D eigenvalue weighted by Crippen LogP contribution is 2.27. The second-order valence-electron chi connectivity index (χ2n) is 7.11. The van der Waals surface area contributed by atoms with Crippen molar-refractivity contribution in [2.75, 3.05) is 13.1 Å². The van der Waals surface area contributed by atoms with Crippen LogP contribution < -0.4 is 0 Å². The van der Waals surface area contributed by atoms with E-state index in [1.807, 2.05) is 47.5 Å². The minimum Gasteiger partial charge on any atom is -0.348 e. The summed E-state index contributed by atoms with van der Waals surface area (Å²) in [6, 6.07) is 11.3. The normalized spacial score (nSPS) is 15.2. The molecule has 0 spiro atoms. The molecule has 0 saturated carbocycles. The summed E-state index contributed by atoms with van der Waals surface area (Å²) in [5.41, 5.74) is 4.30. The molecule has 0 unspecified atom stereocenters. The number of benzene rings is 1. The number of carbonyl (C=O) groups excluding carboxylic acids is 1. The Morgan fingerprint density at radius 3 is 2.79 bits per heavy atom. The van der Waals surface area contributed by atoms with E-state index in [-0.39, 0.29) is 5.91 Å². The van der Waals surface area contributed by atoms with Crippen LogP contribution in [0, 0.1) is 0 Å². The summed E-state index contributed by atoms with van der Waals surface area (Å²) in [6.07, 6.45) is 7.23. The molecule has 2 N–H and O–H groups in total. The van der Waals surface area contributed by atoms with Gasteiger partial charge in [-0.2, -0.15) is 0 Å². The van der Waals surface area contributed by atoms with Crippen LogP contribution in [0.4, 0.5) is 0 Å². The number of likely N-dealkylation sites (tertiary alicyclic amines) is 1. The molecule has 7 nitrogen and oxygen atoms in total. The number of fused-ring (bicyclic) bond motifs is 1. The lowest BCUT2D eigenvalue weighted by atomic mass is 9.93. The second kappa shape index (κ2) is 6.92. The largest absolute Gasteiger partial charge is 0.348 e. The number of piperidine rings is 1. The van der Waals surface area contributed by atoms with Crippen molar-refractivity contribution < 1.29 is 4.79 Å². The fourth-order valence-corrected chi connectivity index (χ4v) is 3.83. The van der Waals surface area contributed by atoms with Crippen molar-refractivity contribution in [2.24, 2.45) is 0 Å². The third-order valence-electron chi connectivity index (χ3n) is 5.38. The van der Waals surface area contributed by atoms with E-state index in [1.54, 1.807) is 12.5 Å². The standard InChI is InChI=1S/C21H20N6O/c28-21(27-9-6-14(7-10-27)19-12-22-13-24-19)15-4-5-16-18(11-15)26-20(25-16)17-3-1-2-8-23-17/h1-5,8,11-14H,6-7,9-10H2,(H,22,24)(H,25,26). The lowest BCUT2D eigenvalue weighted by molar-refractivity contribution is 0.0712. The smallest absolute Gasteiger partial charge is 0.253 e. The number of amides is 1. The Labute approximate surface area is 161 Å². The fraction of sp³-hybridized carbons (Fsp3) is 0.238. The number of aromatic amines is 2. The van der Waals surface area contributed by atoms with Gasteiger partial charge in [0.05, 0.1) is 17.4 Å². The SMILES string of the molecule is O=C(c1ccc2nc(-c3ccccn3)[nH]c2c1)N1CCC(c2cnc[nH]2)CC1. The van der Waals surface area contributed by atoms with E-state index >= 15 is 0 Å². The number of carbonyl (C=O) groups is 1. The van der Waals surface area contributed by atoms with Gasteiger partial charge in [0.2, 0.25) is 0 Å².